The van der Waals surface area contributed by atoms with Crippen LogP contribution in [0.2, 0.25) is 0 Å². The molecule has 0 radical (unpaired) electrons. The molecule has 10 heteroatoms. The second-order valence-corrected chi connectivity index (χ2v) is 8.80. The zero-order valence-electron chi connectivity index (χ0n) is 17.9. The normalized spacial score (nSPS) is 25.5. The lowest BCUT2D eigenvalue weighted by molar-refractivity contribution is -0.965. The van der Waals surface area contributed by atoms with Crippen molar-refractivity contribution in [3.63, 3.8) is 0 Å². The number of fused-ring (bicyclic) bond motifs is 3. The van der Waals surface area contributed by atoms with Crippen molar-refractivity contribution >= 4 is 11.9 Å². The third-order valence-corrected chi connectivity index (χ3v) is 7.07. The molecule has 1 unspecified atom stereocenters. The lowest BCUT2D eigenvalue weighted by Crippen LogP contribution is -2.67. The van der Waals surface area contributed by atoms with Gasteiger partial charge in [-0.25, -0.2) is 4.79 Å². The van der Waals surface area contributed by atoms with Gasteiger partial charge in [0.2, 0.25) is 11.6 Å². The molecule has 33 heavy (non-hydrogen) atoms. The highest BCUT2D eigenvalue weighted by molar-refractivity contribution is 5.85. The van der Waals surface area contributed by atoms with Gasteiger partial charge in [-0.3, -0.25) is 14.8 Å². The second kappa shape index (κ2) is 8.13. The topological polar surface area (TPSA) is 142 Å². The minimum atomic E-state index is -2.08. The van der Waals surface area contributed by atoms with Gasteiger partial charge in [0, 0.05) is 42.3 Å². The van der Waals surface area contributed by atoms with Crippen molar-refractivity contribution in [2.45, 2.75) is 30.6 Å². The molecule has 6 heterocycles. The third-order valence-electron chi connectivity index (χ3n) is 7.07. The number of nitrogens with zero attached hydrogens (tertiary/aromatic N) is 3. The number of piperidine rings is 3. The second-order valence-electron chi connectivity index (χ2n) is 8.80. The van der Waals surface area contributed by atoms with Crippen LogP contribution in [0.1, 0.15) is 35.7 Å². The summed E-state index contributed by atoms with van der Waals surface area (Å²) in [6, 6.07) is 2.33. The van der Waals surface area contributed by atoms with Crippen molar-refractivity contribution in [3.8, 4) is 0 Å². The first-order valence-electron chi connectivity index (χ1n) is 10.8. The number of furan rings is 2. The quantitative estimate of drug-likeness (QED) is 0.402. The number of rotatable bonds is 7. The Morgan fingerprint density at radius 2 is 1.82 bits per heavy atom. The van der Waals surface area contributed by atoms with Gasteiger partial charge in [0.1, 0.15) is 12.2 Å². The SMILES string of the molecule is NC(=O)C(c1cnccn1)[N+]12CCC(CC1)[C@@H](OC(=O)C(O)(c1ccoc1)c1ccoc1)C2. The van der Waals surface area contributed by atoms with Crippen LogP contribution in [-0.2, 0) is 19.9 Å². The minimum absolute atomic E-state index is 0.127. The summed E-state index contributed by atoms with van der Waals surface area (Å²) in [6.45, 7) is 1.83. The summed E-state index contributed by atoms with van der Waals surface area (Å²) >= 11 is 0. The fraction of sp³-hybridized carbons (Fsp3) is 0.391. The molecular weight excluding hydrogens is 428 g/mol. The summed E-state index contributed by atoms with van der Waals surface area (Å²) in [7, 11) is 0. The van der Waals surface area contributed by atoms with Crippen LogP contribution >= 0.6 is 0 Å². The van der Waals surface area contributed by atoms with Crippen molar-refractivity contribution in [1.82, 2.24) is 9.97 Å². The van der Waals surface area contributed by atoms with E-state index in [1.807, 2.05) is 0 Å². The average Bonchev–Trinajstić information content (AvgIpc) is 3.55. The molecule has 10 nitrogen and oxygen atoms in total. The molecular formula is C23H25N4O6+. The Kier molecular flexibility index (Phi) is 5.26. The number of carbonyl (C=O) groups excluding carboxylic acids is 2. The largest absolute Gasteiger partial charge is 0.472 e. The van der Waals surface area contributed by atoms with Crippen LogP contribution in [0.25, 0.3) is 0 Å². The maximum Gasteiger partial charge on any atom is 0.348 e. The van der Waals surface area contributed by atoms with Crippen molar-refractivity contribution in [2.24, 2.45) is 11.7 Å². The number of hydrogen-bond acceptors (Lipinski definition) is 8. The first-order chi connectivity index (χ1) is 15.9. The van der Waals surface area contributed by atoms with Gasteiger partial charge >= 0.3 is 5.97 Å². The van der Waals surface area contributed by atoms with Crippen LogP contribution < -0.4 is 5.73 Å². The van der Waals surface area contributed by atoms with Crippen molar-refractivity contribution in [1.29, 1.82) is 0 Å². The van der Waals surface area contributed by atoms with E-state index in [1.165, 1.54) is 43.4 Å². The van der Waals surface area contributed by atoms with Gasteiger partial charge < -0.3 is 28.9 Å². The molecule has 3 aliphatic rings. The molecule has 2 bridgehead atoms. The van der Waals surface area contributed by atoms with E-state index in [4.69, 9.17) is 19.3 Å². The van der Waals surface area contributed by atoms with E-state index in [0.29, 0.717) is 16.7 Å². The van der Waals surface area contributed by atoms with Gasteiger partial charge in [-0.2, -0.15) is 0 Å². The zero-order valence-corrected chi connectivity index (χ0v) is 17.9. The first kappa shape index (κ1) is 21.4. The molecule has 172 valence electrons. The number of aromatic nitrogens is 2. The highest BCUT2D eigenvalue weighted by atomic mass is 16.6. The molecule has 3 aromatic heterocycles. The van der Waals surface area contributed by atoms with Crippen molar-refractivity contribution in [3.05, 3.63) is 72.6 Å². The Bertz CT molecular complexity index is 1070. The molecule has 6 rings (SSSR count). The molecule has 3 fully saturated rings. The zero-order chi connectivity index (χ0) is 23.1. The van der Waals surface area contributed by atoms with Crippen LogP contribution in [0.4, 0.5) is 0 Å². The highest BCUT2D eigenvalue weighted by Gasteiger charge is 2.55. The van der Waals surface area contributed by atoms with Crippen molar-refractivity contribution < 1.29 is 32.7 Å². The number of hydrogen-bond donors (Lipinski definition) is 2. The van der Waals surface area contributed by atoms with E-state index in [-0.39, 0.29) is 17.0 Å². The molecule has 0 aromatic carbocycles. The summed E-state index contributed by atoms with van der Waals surface area (Å²) in [5.74, 6) is -1.19. The van der Waals surface area contributed by atoms with Gasteiger partial charge in [0.05, 0.1) is 44.3 Å². The van der Waals surface area contributed by atoms with Gasteiger partial charge in [-0.1, -0.05) is 0 Å². The molecule has 3 saturated heterocycles. The van der Waals surface area contributed by atoms with E-state index < -0.39 is 29.6 Å². The van der Waals surface area contributed by atoms with Crippen LogP contribution in [0, 0.1) is 5.92 Å². The molecule has 0 saturated carbocycles. The van der Waals surface area contributed by atoms with Crippen LogP contribution in [-0.4, -0.2) is 57.2 Å². The van der Waals surface area contributed by atoms with Gasteiger partial charge in [-0.05, 0) is 12.1 Å². The monoisotopic (exact) mass is 453 g/mol. The number of aliphatic hydroxyl groups is 1. The lowest BCUT2D eigenvalue weighted by atomic mass is 9.81. The molecule has 3 aliphatic heterocycles. The van der Waals surface area contributed by atoms with E-state index in [2.05, 4.69) is 9.97 Å². The average molecular weight is 453 g/mol. The van der Waals surface area contributed by atoms with Gasteiger partial charge in [-0.15, -0.1) is 0 Å². The first-order valence-corrected chi connectivity index (χ1v) is 10.8. The maximum absolute atomic E-state index is 13.4. The molecule has 1 amide bonds. The van der Waals surface area contributed by atoms with Crippen molar-refractivity contribution in [2.75, 3.05) is 19.6 Å². The van der Waals surface area contributed by atoms with Gasteiger partial charge in [0.25, 0.3) is 5.91 Å². The van der Waals surface area contributed by atoms with Crippen LogP contribution in [0.5, 0.6) is 0 Å². The number of carbonyl (C=O) groups is 2. The van der Waals surface area contributed by atoms with Crippen LogP contribution in [0.15, 0.2) is 64.6 Å². The summed E-state index contributed by atoms with van der Waals surface area (Å²) < 4.78 is 16.5. The molecule has 3 aromatic rings. The molecule has 3 N–H and O–H groups in total. The van der Waals surface area contributed by atoms with E-state index >= 15 is 0 Å². The number of ether oxygens (including phenoxy) is 1. The minimum Gasteiger partial charge on any atom is -0.472 e. The van der Waals surface area contributed by atoms with E-state index in [9.17, 15) is 14.7 Å². The Hall–Kier alpha value is -3.50. The third kappa shape index (κ3) is 3.51. The Balaban J connectivity index is 1.44. The van der Waals surface area contributed by atoms with E-state index in [1.54, 1.807) is 12.4 Å². The number of nitrogens with two attached hydrogens (primary N) is 1. The predicted molar refractivity (Wildman–Crippen MR) is 112 cm³/mol. The Morgan fingerprint density at radius 1 is 1.15 bits per heavy atom. The van der Waals surface area contributed by atoms with Gasteiger partial charge in [0.15, 0.2) is 6.10 Å². The Morgan fingerprint density at radius 3 is 2.33 bits per heavy atom. The summed E-state index contributed by atoms with van der Waals surface area (Å²) in [6.07, 6.45) is 11.0. The lowest BCUT2D eigenvalue weighted by Gasteiger charge is -2.54. The maximum atomic E-state index is 13.4. The molecule has 2 atom stereocenters. The molecule has 0 spiro atoms. The highest BCUT2D eigenvalue weighted by Crippen LogP contribution is 2.43. The number of primary amides is 1. The smallest absolute Gasteiger partial charge is 0.348 e. The summed E-state index contributed by atoms with van der Waals surface area (Å²) in [5.41, 5.74) is 4.74. The molecule has 0 aliphatic carbocycles. The Labute approximate surface area is 189 Å². The number of amides is 1. The number of esters is 1. The predicted octanol–water partition coefficient (Wildman–Crippen LogP) is 1.28. The fourth-order valence-corrected chi connectivity index (χ4v) is 5.37. The summed E-state index contributed by atoms with van der Waals surface area (Å²) in [4.78, 5) is 34.4. The fourth-order valence-electron chi connectivity index (χ4n) is 5.37. The number of quaternary nitrogens is 1. The van der Waals surface area contributed by atoms with Crippen LogP contribution in [0.3, 0.4) is 0 Å². The standard InChI is InChI=1S/C23H24N4O6/c24-21(28)20(18-11-25-5-6-26-18)27-7-1-15(2-8-27)19(12-27)33-22(29)23(30,16-3-9-31-13-16)17-4-10-32-14-17/h3-6,9-11,13-15,19-20,30H,1-2,7-8,12H2,(H-,24,28)/p+1/t15?,19-,20?,27?/m0/s1. The summed E-state index contributed by atoms with van der Waals surface area (Å²) in [5, 5.41) is 11.4. The van der Waals surface area contributed by atoms with E-state index in [0.717, 1.165) is 25.9 Å².